The zero-order chi connectivity index (χ0) is 16.9. The second kappa shape index (κ2) is 7.83. The van der Waals surface area contributed by atoms with Gasteiger partial charge in [-0.1, -0.05) is 53.7 Å². The summed E-state index contributed by atoms with van der Waals surface area (Å²) < 4.78 is 0. The number of aliphatic imine (C=N–C) groups is 1. The van der Waals surface area contributed by atoms with E-state index in [2.05, 4.69) is 5.43 Å². The van der Waals surface area contributed by atoms with Crippen LogP contribution in [0.15, 0.2) is 53.5 Å². The van der Waals surface area contributed by atoms with Crippen molar-refractivity contribution >= 4 is 40.0 Å². The molecule has 1 fully saturated rings. The van der Waals surface area contributed by atoms with Gasteiger partial charge in [0.1, 0.15) is 0 Å². The number of thioether (sulfide) groups is 1. The van der Waals surface area contributed by atoms with E-state index in [1.165, 1.54) is 0 Å². The highest BCUT2D eigenvalue weighted by Gasteiger charge is 2.18. The van der Waals surface area contributed by atoms with Crippen LogP contribution in [0.25, 0.3) is 0 Å². The van der Waals surface area contributed by atoms with E-state index in [4.69, 9.17) is 16.6 Å². The molecular formula is C18H18ClN3OS. The number of nitrogens with one attached hydrogen (secondary N) is 1. The van der Waals surface area contributed by atoms with E-state index < -0.39 is 0 Å². The van der Waals surface area contributed by atoms with Crippen molar-refractivity contribution in [3.8, 4) is 0 Å². The molecule has 1 aliphatic rings. The van der Waals surface area contributed by atoms with E-state index >= 15 is 0 Å². The molecular weight excluding hydrogens is 342 g/mol. The molecule has 6 heteroatoms. The van der Waals surface area contributed by atoms with Crippen molar-refractivity contribution in [3.05, 3.63) is 64.7 Å². The van der Waals surface area contributed by atoms with Crippen molar-refractivity contribution in [1.29, 1.82) is 0 Å². The van der Waals surface area contributed by atoms with Crippen molar-refractivity contribution in [2.45, 2.75) is 6.42 Å². The Balaban J connectivity index is 2.00. The first-order chi connectivity index (χ1) is 11.7. The van der Waals surface area contributed by atoms with E-state index in [0.717, 1.165) is 24.7 Å². The average Bonchev–Trinajstić information content (AvgIpc) is 3.15. The van der Waals surface area contributed by atoms with Crippen molar-refractivity contribution in [1.82, 2.24) is 10.4 Å². The smallest absolute Gasteiger partial charge is 0.195 e. The number of rotatable bonds is 3. The zero-order valence-corrected chi connectivity index (χ0v) is 14.9. The second-order valence-corrected chi connectivity index (χ2v) is 6.58. The molecule has 0 bridgehead atoms. The molecule has 0 amide bonds. The molecule has 0 radical (unpaired) electrons. The van der Waals surface area contributed by atoms with Crippen molar-refractivity contribution < 1.29 is 4.79 Å². The van der Waals surface area contributed by atoms with Gasteiger partial charge in [0.2, 0.25) is 0 Å². The minimum atomic E-state index is -0.0771. The van der Waals surface area contributed by atoms with Gasteiger partial charge in [-0.05, 0) is 30.9 Å². The number of amidine groups is 1. The summed E-state index contributed by atoms with van der Waals surface area (Å²) in [5, 5.41) is 3.39. The van der Waals surface area contributed by atoms with E-state index in [-0.39, 0.29) is 5.78 Å². The van der Waals surface area contributed by atoms with Gasteiger partial charge in [-0.2, -0.15) is 0 Å². The number of nitrogens with zero attached hydrogens (tertiary/aromatic N) is 2. The van der Waals surface area contributed by atoms with Gasteiger partial charge in [-0.3, -0.25) is 9.80 Å². The predicted octanol–water partition coefficient (Wildman–Crippen LogP) is 4.13. The Bertz CT molecular complexity index is 758. The van der Waals surface area contributed by atoms with Gasteiger partial charge >= 0.3 is 0 Å². The third kappa shape index (κ3) is 3.80. The summed E-state index contributed by atoms with van der Waals surface area (Å²) in [6, 6.07) is 14.4. The third-order valence-electron chi connectivity index (χ3n) is 3.73. The molecule has 0 atom stereocenters. The summed E-state index contributed by atoms with van der Waals surface area (Å²) in [7, 11) is 0. The Morgan fingerprint density at radius 1 is 1.25 bits per heavy atom. The highest BCUT2D eigenvalue weighted by atomic mass is 35.5. The Labute approximate surface area is 150 Å². The van der Waals surface area contributed by atoms with Gasteiger partial charge in [0, 0.05) is 29.2 Å². The first-order valence-corrected chi connectivity index (χ1v) is 9.32. The van der Waals surface area contributed by atoms with Crippen molar-refractivity contribution in [2.24, 2.45) is 4.99 Å². The predicted molar refractivity (Wildman–Crippen MR) is 101 cm³/mol. The van der Waals surface area contributed by atoms with Gasteiger partial charge in [-0.15, -0.1) is 0 Å². The number of hydrogen-bond donors (Lipinski definition) is 1. The molecule has 3 rings (SSSR count). The molecule has 4 nitrogen and oxygen atoms in total. The summed E-state index contributed by atoms with van der Waals surface area (Å²) in [4.78, 5) is 17.6. The number of hydrogen-bond acceptors (Lipinski definition) is 4. The maximum atomic E-state index is 12.8. The average molecular weight is 360 g/mol. The molecule has 0 spiro atoms. The lowest BCUT2D eigenvalue weighted by Crippen LogP contribution is -2.34. The van der Waals surface area contributed by atoms with Crippen LogP contribution in [0.3, 0.4) is 0 Å². The summed E-state index contributed by atoms with van der Waals surface area (Å²) >= 11 is 7.67. The fraction of sp³-hybridized carbons (Fsp3) is 0.222. The third-order valence-corrected chi connectivity index (χ3v) is 4.64. The first kappa shape index (κ1) is 17.0. The molecule has 24 heavy (non-hydrogen) atoms. The van der Waals surface area contributed by atoms with Crippen LogP contribution in [0.1, 0.15) is 22.3 Å². The number of hydrazine groups is 1. The normalized spacial score (nSPS) is 14.9. The highest BCUT2D eigenvalue weighted by Crippen LogP contribution is 2.27. The second-order valence-electron chi connectivity index (χ2n) is 5.37. The van der Waals surface area contributed by atoms with Crippen LogP contribution in [-0.2, 0) is 0 Å². The zero-order valence-electron chi connectivity index (χ0n) is 13.3. The number of ketones is 1. The molecule has 124 valence electrons. The van der Waals surface area contributed by atoms with Crippen LogP contribution in [-0.4, -0.2) is 35.3 Å². The van der Waals surface area contributed by atoms with Gasteiger partial charge in [0.15, 0.2) is 11.0 Å². The van der Waals surface area contributed by atoms with Crippen molar-refractivity contribution in [2.75, 3.05) is 19.3 Å². The summed E-state index contributed by atoms with van der Waals surface area (Å²) in [6.07, 6.45) is 3.06. The summed E-state index contributed by atoms with van der Waals surface area (Å²) in [5.41, 5.74) is 5.06. The fourth-order valence-electron chi connectivity index (χ4n) is 2.55. The van der Waals surface area contributed by atoms with Crippen LogP contribution in [0.5, 0.6) is 0 Å². The van der Waals surface area contributed by atoms with Crippen LogP contribution < -0.4 is 5.43 Å². The van der Waals surface area contributed by atoms with E-state index in [0.29, 0.717) is 21.8 Å². The Hall–Kier alpha value is -1.82. The Morgan fingerprint density at radius 2 is 2.04 bits per heavy atom. The maximum Gasteiger partial charge on any atom is 0.195 e. The quantitative estimate of drug-likeness (QED) is 0.508. The van der Waals surface area contributed by atoms with Crippen LogP contribution >= 0.6 is 23.4 Å². The van der Waals surface area contributed by atoms with E-state index in [9.17, 15) is 4.79 Å². The van der Waals surface area contributed by atoms with Gasteiger partial charge in [0.25, 0.3) is 0 Å². The minimum absolute atomic E-state index is 0.0771. The number of benzene rings is 2. The Morgan fingerprint density at radius 3 is 2.71 bits per heavy atom. The molecule has 2 aromatic carbocycles. The van der Waals surface area contributed by atoms with Crippen LogP contribution in [0.4, 0.5) is 5.69 Å². The lowest BCUT2D eigenvalue weighted by Gasteiger charge is -2.18. The Kier molecular flexibility index (Phi) is 5.56. The van der Waals surface area contributed by atoms with Crippen LogP contribution in [0.2, 0.25) is 5.02 Å². The number of halogens is 1. The lowest BCUT2D eigenvalue weighted by atomic mass is 10.0. The maximum absolute atomic E-state index is 12.8. The van der Waals surface area contributed by atoms with Gasteiger partial charge in [0.05, 0.1) is 5.69 Å². The topological polar surface area (TPSA) is 44.7 Å². The molecule has 1 saturated heterocycles. The molecule has 1 heterocycles. The minimum Gasteiger partial charge on any atom is -0.289 e. The van der Waals surface area contributed by atoms with Crippen LogP contribution in [0, 0.1) is 0 Å². The van der Waals surface area contributed by atoms with Gasteiger partial charge < -0.3 is 0 Å². The molecule has 2 aromatic rings. The molecule has 0 aromatic heterocycles. The van der Waals surface area contributed by atoms with Crippen molar-refractivity contribution in [3.63, 3.8) is 0 Å². The number of carbonyl (C=O) groups is 1. The molecule has 1 aliphatic heterocycles. The monoisotopic (exact) mass is 359 g/mol. The van der Waals surface area contributed by atoms with E-state index in [1.54, 1.807) is 42.1 Å². The molecule has 1 N–H and O–H groups in total. The van der Waals surface area contributed by atoms with Gasteiger partial charge in [-0.25, -0.2) is 10.4 Å². The largest absolute Gasteiger partial charge is 0.289 e. The fourth-order valence-corrected chi connectivity index (χ4v) is 3.28. The SMILES string of the molecule is CSC(=Nc1ccc(Cl)cc1C(=O)c1ccccc1)N1CCCN1. The summed E-state index contributed by atoms with van der Waals surface area (Å²) in [5.74, 6) is -0.0771. The standard InChI is InChI=1S/C18H18ClN3OS/c1-24-18(22-11-5-10-20-22)21-16-9-8-14(19)12-15(16)17(23)13-6-3-2-4-7-13/h2-4,6-9,12,20H,5,10-11H2,1H3. The number of carbonyl (C=O) groups excluding carboxylic acids is 1. The molecule has 0 saturated carbocycles. The van der Waals surface area contributed by atoms with E-state index in [1.807, 2.05) is 29.5 Å². The molecule has 0 unspecified atom stereocenters. The highest BCUT2D eigenvalue weighted by molar-refractivity contribution is 8.13. The lowest BCUT2D eigenvalue weighted by molar-refractivity contribution is 0.103. The molecule has 0 aliphatic carbocycles. The first-order valence-electron chi connectivity index (χ1n) is 7.72. The summed E-state index contributed by atoms with van der Waals surface area (Å²) in [6.45, 7) is 1.85.